The van der Waals surface area contributed by atoms with Gasteiger partial charge in [0.2, 0.25) is 0 Å². The number of nitrogens with two attached hydrogens (primary N) is 1. The lowest BCUT2D eigenvalue weighted by Crippen LogP contribution is -1.97. The average molecular weight is 247 g/mol. The molecule has 3 N–H and O–H groups in total. The van der Waals surface area contributed by atoms with Crippen LogP contribution in [0.1, 0.15) is 36.8 Å². The molecule has 1 aromatic carbocycles. The number of carboxylic acids is 1. The van der Waals surface area contributed by atoms with Gasteiger partial charge in [-0.1, -0.05) is 36.4 Å². The van der Waals surface area contributed by atoms with Gasteiger partial charge in [0.05, 0.1) is 0 Å². The van der Waals surface area contributed by atoms with E-state index >= 15 is 0 Å². The molecule has 3 nitrogen and oxygen atoms in total. The Kier molecular flexibility index (Phi) is 6.81. The van der Waals surface area contributed by atoms with E-state index in [0.29, 0.717) is 6.42 Å². The summed E-state index contributed by atoms with van der Waals surface area (Å²) in [5, 5.41) is 8.60. The van der Waals surface area contributed by atoms with Crippen LogP contribution in [0.15, 0.2) is 30.3 Å². The summed E-state index contributed by atoms with van der Waals surface area (Å²) in [6.07, 6.45) is 8.28. The number of allylic oxidation sites excluding steroid dienone is 1. The van der Waals surface area contributed by atoms with Crippen LogP contribution < -0.4 is 5.73 Å². The van der Waals surface area contributed by atoms with Crippen LogP contribution in [-0.2, 0) is 11.2 Å². The van der Waals surface area contributed by atoms with Crippen LogP contribution in [0.4, 0.5) is 0 Å². The van der Waals surface area contributed by atoms with Crippen LogP contribution in [0.5, 0.6) is 0 Å². The maximum Gasteiger partial charge on any atom is 0.303 e. The first kappa shape index (κ1) is 14.5. The Balaban J connectivity index is 2.37. The third-order valence-corrected chi connectivity index (χ3v) is 2.74. The van der Waals surface area contributed by atoms with Crippen molar-refractivity contribution >= 4 is 12.0 Å². The highest BCUT2D eigenvalue weighted by Crippen LogP contribution is 2.09. The van der Waals surface area contributed by atoms with Crippen LogP contribution in [0, 0.1) is 0 Å². The fraction of sp³-hybridized carbons (Fsp3) is 0.400. The van der Waals surface area contributed by atoms with Crippen LogP contribution in [0.25, 0.3) is 6.08 Å². The summed E-state index contributed by atoms with van der Waals surface area (Å²) in [5.41, 5.74) is 7.64. The van der Waals surface area contributed by atoms with E-state index in [1.165, 1.54) is 0 Å². The van der Waals surface area contributed by atoms with E-state index in [1.54, 1.807) is 0 Å². The number of benzene rings is 1. The Morgan fingerprint density at radius 2 is 1.94 bits per heavy atom. The predicted molar refractivity (Wildman–Crippen MR) is 74.3 cm³/mol. The Hall–Kier alpha value is -1.61. The molecule has 0 saturated carbocycles. The van der Waals surface area contributed by atoms with E-state index in [2.05, 4.69) is 12.2 Å². The monoisotopic (exact) mass is 247 g/mol. The summed E-state index contributed by atoms with van der Waals surface area (Å²) in [4.78, 5) is 10.4. The molecule has 0 radical (unpaired) electrons. The van der Waals surface area contributed by atoms with Gasteiger partial charge < -0.3 is 10.8 Å². The Morgan fingerprint density at radius 3 is 2.56 bits per heavy atom. The second kappa shape index (κ2) is 8.48. The molecule has 1 rings (SSSR count). The molecule has 0 aliphatic rings. The number of hydrogen-bond donors (Lipinski definition) is 2. The number of aryl methyl sites for hydroxylation is 1. The zero-order valence-electron chi connectivity index (χ0n) is 10.6. The van der Waals surface area contributed by atoms with E-state index in [1.807, 2.05) is 24.3 Å². The van der Waals surface area contributed by atoms with Crippen molar-refractivity contribution in [3.63, 3.8) is 0 Å². The summed E-state index contributed by atoms with van der Waals surface area (Å²) < 4.78 is 0. The molecule has 98 valence electrons. The van der Waals surface area contributed by atoms with Gasteiger partial charge in [-0.15, -0.1) is 0 Å². The first-order valence-corrected chi connectivity index (χ1v) is 6.39. The highest BCUT2D eigenvalue weighted by atomic mass is 16.4. The van der Waals surface area contributed by atoms with Crippen molar-refractivity contribution in [2.45, 2.75) is 32.1 Å². The quantitative estimate of drug-likeness (QED) is 0.694. The van der Waals surface area contributed by atoms with Gasteiger partial charge >= 0.3 is 5.97 Å². The molecular formula is C15H21NO2. The van der Waals surface area contributed by atoms with Crippen molar-refractivity contribution < 1.29 is 9.90 Å². The molecule has 0 aromatic heterocycles. The zero-order chi connectivity index (χ0) is 13.2. The highest BCUT2D eigenvalue weighted by molar-refractivity contribution is 5.67. The van der Waals surface area contributed by atoms with Crippen molar-refractivity contribution in [3.05, 3.63) is 41.5 Å². The van der Waals surface area contributed by atoms with Gasteiger partial charge in [-0.2, -0.15) is 0 Å². The van der Waals surface area contributed by atoms with Crippen molar-refractivity contribution in [3.8, 4) is 0 Å². The van der Waals surface area contributed by atoms with Crippen molar-refractivity contribution in [2.24, 2.45) is 5.73 Å². The molecule has 0 atom stereocenters. The minimum absolute atomic E-state index is 0.189. The second-order valence-electron chi connectivity index (χ2n) is 4.32. The Bertz CT molecular complexity index is 382. The molecule has 3 heteroatoms. The fourth-order valence-electron chi connectivity index (χ4n) is 1.67. The molecule has 0 unspecified atom stereocenters. The average Bonchev–Trinajstić information content (AvgIpc) is 2.37. The van der Waals surface area contributed by atoms with E-state index in [-0.39, 0.29) is 6.42 Å². The number of aliphatic carboxylic acids is 1. The molecule has 0 bridgehead atoms. The largest absolute Gasteiger partial charge is 0.481 e. The molecule has 0 aliphatic carbocycles. The summed E-state index contributed by atoms with van der Waals surface area (Å²) in [6.45, 7) is 0.756. The third-order valence-electron chi connectivity index (χ3n) is 2.74. The summed E-state index contributed by atoms with van der Waals surface area (Å²) in [6, 6.07) is 8.03. The number of carboxylic acid groups (broad SMARTS) is 1. The van der Waals surface area contributed by atoms with Crippen LogP contribution in [-0.4, -0.2) is 17.6 Å². The van der Waals surface area contributed by atoms with Crippen molar-refractivity contribution in [1.29, 1.82) is 0 Å². The lowest BCUT2D eigenvalue weighted by molar-refractivity contribution is -0.136. The first-order valence-electron chi connectivity index (χ1n) is 6.39. The van der Waals surface area contributed by atoms with E-state index in [4.69, 9.17) is 10.8 Å². The maximum absolute atomic E-state index is 10.4. The molecule has 0 aliphatic heterocycles. The van der Waals surface area contributed by atoms with Crippen LogP contribution in [0.3, 0.4) is 0 Å². The van der Waals surface area contributed by atoms with Gasteiger partial charge in [0, 0.05) is 6.42 Å². The third kappa shape index (κ3) is 6.21. The van der Waals surface area contributed by atoms with Gasteiger partial charge in [-0.05, 0) is 43.4 Å². The smallest absolute Gasteiger partial charge is 0.303 e. The summed E-state index contributed by atoms with van der Waals surface area (Å²) in [7, 11) is 0. The summed E-state index contributed by atoms with van der Waals surface area (Å²) in [5.74, 6) is -0.751. The minimum Gasteiger partial charge on any atom is -0.481 e. The normalized spacial score (nSPS) is 10.9. The highest BCUT2D eigenvalue weighted by Gasteiger charge is 1.98. The van der Waals surface area contributed by atoms with E-state index in [9.17, 15) is 4.79 Å². The lowest BCUT2D eigenvalue weighted by Gasteiger charge is -1.99. The molecule has 18 heavy (non-hydrogen) atoms. The molecule has 0 amide bonds. The van der Waals surface area contributed by atoms with Gasteiger partial charge in [0.1, 0.15) is 0 Å². The number of carbonyl (C=O) groups is 1. The fourth-order valence-corrected chi connectivity index (χ4v) is 1.67. The second-order valence-corrected chi connectivity index (χ2v) is 4.32. The number of hydrogen-bond acceptors (Lipinski definition) is 2. The molecular weight excluding hydrogens is 226 g/mol. The molecule has 0 saturated heterocycles. The van der Waals surface area contributed by atoms with Gasteiger partial charge in [-0.3, -0.25) is 4.79 Å². The first-order chi connectivity index (χ1) is 8.72. The zero-order valence-corrected chi connectivity index (χ0v) is 10.6. The Labute approximate surface area is 108 Å². The maximum atomic E-state index is 10.4. The SMILES string of the molecule is NCCCC/C=C/c1ccc(CCC(=O)O)cc1. The predicted octanol–water partition coefficient (Wildman–Crippen LogP) is 2.85. The van der Waals surface area contributed by atoms with Crippen molar-refractivity contribution in [2.75, 3.05) is 6.54 Å². The standard InChI is InChI=1S/C15H21NO2/c16-12-4-2-1-3-5-13-6-8-14(9-7-13)10-11-15(17)18/h3,5-9H,1-2,4,10-12,16H2,(H,17,18)/b5-3+. The topological polar surface area (TPSA) is 63.3 Å². The molecule has 0 fully saturated rings. The van der Waals surface area contributed by atoms with E-state index in [0.717, 1.165) is 36.9 Å². The molecule has 1 aromatic rings. The molecule has 0 spiro atoms. The number of unbranched alkanes of at least 4 members (excludes halogenated alkanes) is 2. The van der Waals surface area contributed by atoms with Gasteiger partial charge in [0.15, 0.2) is 0 Å². The lowest BCUT2D eigenvalue weighted by atomic mass is 10.1. The van der Waals surface area contributed by atoms with Gasteiger partial charge in [0.25, 0.3) is 0 Å². The number of rotatable bonds is 8. The van der Waals surface area contributed by atoms with Crippen molar-refractivity contribution in [1.82, 2.24) is 0 Å². The van der Waals surface area contributed by atoms with Crippen LogP contribution >= 0.6 is 0 Å². The van der Waals surface area contributed by atoms with Crippen LogP contribution in [0.2, 0.25) is 0 Å². The minimum atomic E-state index is -0.751. The van der Waals surface area contributed by atoms with E-state index < -0.39 is 5.97 Å². The van der Waals surface area contributed by atoms with Gasteiger partial charge in [-0.25, -0.2) is 0 Å². The summed E-state index contributed by atoms with van der Waals surface area (Å²) >= 11 is 0. The molecule has 0 heterocycles. The Morgan fingerprint density at radius 1 is 1.22 bits per heavy atom.